The van der Waals surface area contributed by atoms with Crippen molar-refractivity contribution in [2.24, 2.45) is 0 Å². The number of methoxy groups -OCH3 is 1. The van der Waals surface area contributed by atoms with Crippen LogP contribution in [0.5, 0.6) is 0 Å². The smallest absolute Gasteiger partial charge is 0.307 e. The molecule has 0 radical (unpaired) electrons. The van der Waals surface area contributed by atoms with Crippen molar-refractivity contribution >= 4 is 29.6 Å². The number of esters is 1. The van der Waals surface area contributed by atoms with Crippen LogP contribution in [0.25, 0.3) is 11.8 Å². The molecule has 1 aromatic heterocycles. The Hall–Kier alpha value is -3.38. The summed E-state index contributed by atoms with van der Waals surface area (Å²) in [6.07, 6.45) is 6.51. The highest BCUT2D eigenvalue weighted by Crippen LogP contribution is 2.25. The van der Waals surface area contributed by atoms with Gasteiger partial charge < -0.3 is 10.1 Å². The molecular weight excluding hydrogens is 390 g/mol. The van der Waals surface area contributed by atoms with E-state index < -0.39 is 12.0 Å². The molecule has 0 aliphatic heterocycles. The van der Waals surface area contributed by atoms with Crippen LogP contribution in [0.1, 0.15) is 23.6 Å². The molecule has 0 aliphatic carbocycles. The fraction of sp³-hybridized carbons (Fsp3) is 0.136. The number of nitrogens with zero attached hydrogens (tertiary/aromatic N) is 2. The Morgan fingerprint density at radius 2 is 1.90 bits per heavy atom. The lowest BCUT2D eigenvalue weighted by molar-refractivity contribution is -0.141. The molecule has 0 spiro atoms. The van der Waals surface area contributed by atoms with E-state index in [1.807, 2.05) is 36.5 Å². The zero-order valence-corrected chi connectivity index (χ0v) is 16.5. The first-order chi connectivity index (χ1) is 14.1. The van der Waals surface area contributed by atoms with E-state index in [9.17, 15) is 9.59 Å². The third-order valence-electron chi connectivity index (χ3n) is 4.25. The number of carbonyl (C=O) groups excluding carboxylic acids is 2. The van der Waals surface area contributed by atoms with Crippen molar-refractivity contribution in [3.8, 4) is 5.69 Å². The first-order valence-electron chi connectivity index (χ1n) is 8.96. The third kappa shape index (κ3) is 5.56. The zero-order chi connectivity index (χ0) is 20.6. The summed E-state index contributed by atoms with van der Waals surface area (Å²) >= 11 is 6.23. The molecule has 1 unspecified atom stereocenters. The van der Waals surface area contributed by atoms with Crippen molar-refractivity contribution in [3.05, 3.63) is 89.2 Å². The summed E-state index contributed by atoms with van der Waals surface area (Å²) in [5, 5.41) is 7.57. The molecule has 2 aromatic carbocycles. The summed E-state index contributed by atoms with van der Waals surface area (Å²) in [5.74, 6) is -0.797. The maximum atomic E-state index is 12.4. The summed E-state index contributed by atoms with van der Waals surface area (Å²) in [4.78, 5) is 24.2. The first-order valence-corrected chi connectivity index (χ1v) is 9.34. The summed E-state index contributed by atoms with van der Waals surface area (Å²) < 4.78 is 6.46. The zero-order valence-electron chi connectivity index (χ0n) is 15.8. The van der Waals surface area contributed by atoms with Crippen LogP contribution in [0.2, 0.25) is 5.02 Å². The van der Waals surface area contributed by atoms with E-state index in [0.29, 0.717) is 10.6 Å². The number of para-hydroxylation sites is 1. The van der Waals surface area contributed by atoms with Gasteiger partial charge in [0.1, 0.15) is 0 Å². The van der Waals surface area contributed by atoms with Crippen molar-refractivity contribution in [1.82, 2.24) is 15.1 Å². The molecule has 3 rings (SSSR count). The van der Waals surface area contributed by atoms with Gasteiger partial charge in [-0.15, -0.1) is 0 Å². The Kier molecular flexibility index (Phi) is 6.81. The van der Waals surface area contributed by atoms with Gasteiger partial charge in [-0.2, -0.15) is 5.10 Å². The minimum absolute atomic E-state index is 0.0221. The molecule has 29 heavy (non-hydrogen) atoms. The van der Waals surface area contributed by atoms with Crippen molar-refractivity contribution in [3.63, 3.8) is 0 Å². The Morgan fingerprint density at radius 3 is 2.62 bits per heavy atom. The highest BCUT2D eigenvalue weighted by atomic mass is 35.5. The lowest BCUT2D eigenvalue weighted by Crippen LogP contribution is -2.29. The van der Waals surface area contributed by atoms with Crippen molar-refractivity contribution < 1.29 is 14.3 Å². The van der Waals surface area contributed by atoms with Crippen LogP contribution in [-0.4, -0.2) is 28.8 Å². The number of aromatic nitrogens is 2. The predicted molar refractivity (Wildman–Crippen MR) is 112 cm³/mol. The van der Waals surface area contributed by atoms with E-state index in [4.69, 9.17) is 16.3 Å². The van der Waals surface area contributed by atoms with Crippen LogP contribution in [-0.2, 0) is 14.3 Å². The van der Waals surface area contributed by atoms with Crippen LogP contribution >= 0.6 is 11.6 Å². The lowest BCUT2D eigenvalue weighted by atomic mass is 10.0. The predicted octanol–water partition coefficient (Wildman–Crippen LogP) is 3.96. The van der Waals surface area contributed by atoms with Gasteiger partial charge in [0.2, 0.25) is 5.91 Å². The molecule has 7 heteroatoms. The molecule has 0 fully saturated rings. The quantitative estimate of drug-likeness (QED) is 0.473. The molecule has 1 amide bonds. The summed E-state index contributed by atoms with van der Waals surface area (Å²) in [7, 11) is 1.30. The molecule has 3 aromatic rings. The fourth-order valence-electron chi connectivity index (χ4n) is 2.78. The van der Waals surface area contributed by atoms with Gasteiger partial charge in [-0.1, -0.05) is 48.0 Å². The van der Waals surface area contributed by atoms with Crippen LogP contribution in [0.3, 0.4) is 0 Å². The molecule has 6 nitrogen and oxygen atoms in total. The SMILES string of the molecule is COC(=O)CC(NC(=O)/C=C/c1cnn(-c2ccccc2)c1)c1ccccc1Cl. The van der Waals surface area contributed by atoms with Crippen LogP contribution < -0.4 is 5.32 Å². The van der Waals surface area contributed by atoms with Crippen LogP contribution in [0, 0.1) is 0 Å². The average Bonchev–Trinajstić information content (AvgIpc) is 3.22. The Morgan fingerprint density at radius 1 is 1.17 bits per heavy atom. The summed E-state index contributed by atoms with van der Waals surface area (Å²) in [6.45, 7) is 0. The molecule has 1 atom stereocenters. The average molecular weight is 410 g/mol. The second-order valence-electron chi connectivity index (χ2n) is 6.25. The fourth-order valence-corrected chi connectivity index (χ4v) is 3.05. The minimum Gasteiger partial charge on any atom is -0.469 e. The second-order valence-corrected chi connectivity index (χ2v) is 6.66. The number of amides is 1. The first kappa shape index (κ1) is 20.4. The number of halogens is 1. The van der Waals surface area contributed by atoms with Crippen LogP contribution in [0.4, 0.5) is 0 Å². The number of nitrogens with one attached hydrogen (secondary N) is 1. The second kappa shape index (κ2) is 9.71. The Bertz CT molecular complexity index is 1010. The molecule has 0 saturated carbocycles. The Balaban J connectivity index is 1.71. The van der Waals surface area contributed by atoms with Gasteiger partial charge in [0, 0.05) is 22.9 Å². The van der Waals surface area contributed by atoms with E-state index in [-0.39, 0.29) is 12.3 Å². The molecule has 0 bridgehead atoms. The minimum atomic E-state index is -0.597. The molecule has 1 N–H and O–H groups in total. The number of hydrogen-bond acceptors (Lipinski definition) is 4. The van der Waals surface area contributed by atoms with E-state index in [1.54, 1.807) is 41.2 Å². The van der Waals surface area contributed by atoms with E-state index in [2.05, 4.69) is 10.4 Å². The van der Waals surface area contributed by atoms with Crippen LogP contribution in [0.15, 0.2) is 73.1 Å². The van der Waals surface area contributed by atoms with Gasteiger partial charge in [-0.3, -0.25) is 9.59 Å². The monoisotopic (exact) mass is 409 g/mol. The number of ether oxygens (including phenoxy) is 1. The topological polar surface area (TPSA) is 73.2 Å². The maximum absolute atomic E-state index is 12.4. The summed E-state index contributed by atoms with van der Waals surface area (Å²) in [5.41, 5.74) is 2.35. The highest BCUT2D eigenvalue weighted by molar-refractivity contribution is 6.31. The van der Waals surface area contributed by atoms with Gasteiger partial charge >= 0.3 is 5.97 Å². The van der Waals surface area contributed by atoms with Gasteiger partial charge in [-0.25, -0.2) is 4.68 Å². The highest BCUT2D eigenvalue weighted by Gasteiger charge is 2.20. The van der Waals surface area contributed by atoms with E-state index in [1.165, 1.54) is 13.2 Å². The standard InChI is InChI=1S/C22H20ClN3O3/c1-29-22(28)13-20(18-9-5-6-10-19(18)23)25-21(27)12-11-16-14-24-26(15-16)17-7-3-2-4-8-17/h2-12,14-15,20H,13H2,1H3,(H,25,27)/b12-11+. The van der Waals surface area contributed by atoms with E-state index in [0.717, 1.165) is 11.3 Å². The molecule has 0 aliphatic rings. The van der Waals surface area contributed by atoms with Gasteiger partial charge in [0.05, 0.1) is 31.5 Å². The number of rotatable bonds is 7. The van der Waals surface area contributed by atoms with E-state index >= 15 is 0 Å². The van der Waals surface area contributed by atoms with Crippen molar-refractivity contribution in [1.29, 1.82) is 0 Å². The van der Waals surface area contributed by atoms with Gasteiger partial charge in [0.15, 0.2) is 0 Å². The molecule has 0 saturated heterocycles. The summed E-state index contributed by atoms with van der Waals surface area (Å²) in [6, 6.07) is 16.1. The largest absolute Gasteiger partial charge is 0.469 e. The molecule has 148 valence electrons. The van der Waals surface area contributed by atoms with Gasteiger partial charge in [-0.05, 0) is 29.8 Å². The van der Waals surface area contributed by atoms with Gasteiger partial charge in [0.25, 0.3) is 0 Å². The van der Waals surface area contributed by atoms with Crippen molar-refractivity contribution in [2.45, 2.75) is 12.5 Å². The number of benzene rings is 2. The number of hydrogen-bond donors (Lipinski definition) is 1. The van der Waals surface area contributed by atoms with Crippen molar-refractivity contribution in [2.75, 3.05) is 7.11 Å². The molecular formula is C22H20ClN3O3. The maximum Gasteiger partial charge on any atom is 0.307 e. The normalized spacial score (nSPS) is 11.9. The third-order valence-corrected chi connectivity index (χ3v) is 4.59. The Labute approximate surface area is 173 Å². The molecule has 1 heterocycles. The number of carbonyl (C=O) groups is 2. The lowest BCUT2D eigenvalue weighted by Gasteiger charge is -2.18.